The highest BCUT2D eigenvalue weighted by Crippen LogP contribution is 2.38. The van der Waals surface area contributed by atoms with E-state index in [0.717, 1.165) is 53.8 Å². The second kappa shape index (κ2) is 12.8. The molecule has 1 aliphatic rings. The highest BCUT2D eigenvalue weighted by atomic mass is 16.5. The van der Waals surface area contributed by atoms with Crippen molar-refractivity contribution in [1.29, 1.82) is 0 Å². The molecule has 1 aliphatic carbocycles. The van der Waals surface area contributed by atoms with Crippen LogP contribution < -0.4 is 11.1 Å². The lowest BCUT2D eigenvalue weighted by molar-refractivity contribution is -0.131. The van der Waals surface area contributed by atoms with Crippen molar-refractivity contribution in [3.63, 3.8) is 0 Å². The number of aliphatic hydroxyl groups is 1. The number of fused-ring (bicyclic) bond motifs is 1. The zero-order valence-corrected chi connectivity index (χ0v) is 22.4. The van der Waals surface area contributed by atoms with Gasteiger partial charge in [-0.05, 0) is 47.6 Å². The molecule has 9 heteroatoms. The Bertz CT molecular complexity index is 1440. The third-order valence-corrected chi connectivity index (χ3v) is 7.60. The Morgan fingerprint density at radius 3 is 2.58 bits per heavy atom. The van der Waals surface area contributed by atoms with Crippen LogP contribution >= 0.6 is 0 Å². The average molecular weight is 542 g/mol. The minimum atomic E-state index is -0.854. The lowest BCUT2D eigenvalue weighted by Crippen LogP contribution is -2.42. The molecule has 0 saturated heterocycles. The van der Waals surface area contributed by atoms with E-state index >= 15 is 0 Å². The van der Waals surface area contributed by atoms with Crippen LogP contribution in [0, 0.1) is 5.92 Å². The van der Waals surface area contributed by atoms with E-state index in [2.05, 4.69) is 39.6 Å². The smallest absolute Gasteiger partial charge is 0.244 e. The molecule has 3 atom stereocenters. The zero-order valence-electron chi connectivity index (χ0n) is 22.4. The van der Waals surface area contributed by atoms with Crippen LogP contribution in [0.3, 0.4) is 0 Å². The number of ether oxygens (including phenoxy) is 1. The summed E-state index contributed by atoms with van der Waals surface area (Å²) in [6.45, 7) is 1.04. The van der Waals surface area contributed by atoms with Crippen molar-refractivity contribution in [1.82, 2.24) is 19.9 Å². The summed E-state index contributed by atoms with van der Waals surface area (Å²) in [6, 6.07) is 20.4. The van der Waals surface area contributed by atoms with Crippen LogP contribution in [0.5, 0.6) is 0 Å². The molecule has 2 aromatic heterocycles. The summed E-state index contributed by atoms with van der Waals surface area (Å²) in [7, 11) is 0. The number of nitrogens with zero attached hydrogens (tertiary/aromatic N) is 3. The van der Waals surface area contributed by atoms with Gasteiger partial charge in [-0.15, -0.1) is 0 Å². The largest absolute Gasteiger partial charge is 0.394 e. The standard InChI is InChI=1S/C31H35N5O4/c32-29(38)28(23-7-2-1-3-8-23)35-31(39)25-10-5-4-9-24(25)22-14-12-21(13-15-22)19-36-27(20-40-18-17-37)34-26-11-6-16-33-30(26)36/h1-3,6-8,11-16,24-25,28,37H,4-5,9-10,17-20H2,(H2,32,38)(H,35,39)/t24?,25-,28+/m1/s1. The molecule has 4 aromatic rings. The second-order valence-corrected chi connectivity index (χ2v) is 10.2. The van der Waals surface area contributed by atoms with Gasteiger partial charge in [0.2, 0.25) is 11.8 Å². The van der Waals surface area contributed by atoms with Gasteiger partial charge in [0.1, 0.15) is 24.0 Å². The summed E-state index contributed by atoms with van der Waals surface area (Å²) in [5.41, 5.74) is 10.1. The fourth-order valence-corrected chi connectivity index (χ4v) is 5.62. The number of aliphatic hydroxyl groups excluding tert-OH is 1. The first-order chi connectivity index (χ1) is 19.5. The van der Waals surface area contributed by atoms with E-state index < -0.39 is 11.9 Å². The maximum atomic E-state index is 13.5. The molecular weight excluding hydrogens is 506 g/mol. The molecule has 0 spiro atoms. The van der Waals surface area contributed by atoms with Crippen molar-refractivity contribution < 1.29 is 19.4 Å². The number of carbonyl (C=O) groups excluding carboxylic acids is 2. The number of hydrogen-bond acceptors (Lipinski definition) is 6. The molecule has 9 nitrogen and oxygen atoms in total. The molecule has 1 saturated carbocycles. The van der Waals surface area contributed by atoms with Crippen molar-refractivity contribution in [2.24, 2.45) is 11.7 Å². The summed E-state index contributed by atoms with van der Waals surface area (Å²) in [4.78, 5) is 34.8. The summed E-state index contributed by atoms with van der Waals surface area (Å²) in [5.74, 6) is -0.131. The van der Waals surface area contributed by atoms with Crippen LogP contribution in [-0.4, -0.2) is 44.7 Å². The molecule has 0 radical (unpaired) electrons. The van der Waals surface area contributed by atoms with Gasteiger partial charge in [0.25, 0.3) is 0 Å². The summed E-state index contributed by atoms with van der Waals surface area (Å²) in [6.07, 6.45) is 5.45. The van der Waals surface area contributed by atoms with E-state index in [-0.39, 0.29) is 37.6 Å². The van der Waals surface area contributed by atoms with E-state index in [1.165, 1.54) is 0 Å². The van der Waals surface area contributed by atoms with Gasteiger partial charge >= 0.3 is 0 Å². The zero-order chi connectivity index (χ0) is 27.9. The first-order valence-electron chi connectivity index (χ1n) is 13.8. The molecule has 2 aromatic carbocycles. The summed E-state index contributed by atoms with van der Waals surface area (Å²) >= 11 is 0. The molecule has 208 valence electrons. The van der Waals surface area contributed by atoms with Gasteiger partial charge in [0.05, 0.1) is 19.8 Å². The minimum absolute atomic E-state index is 0.0461. The molecule has 0 aliphatic heterocycles. The quantitative estimate of drug-likeness (QED) is 0.249. The topological polar surface area (TPSA) is 132 Å². The number of hydrogen-bond donors (Lipinski definition) is 3. The Morgan fingerprint density at radius 2 is 1.82 bits per heavy atom. The van der Waals surface area contributed by atoms with Crippen molar-refractivity contribution in [2.45, 2.75) is 50.8 Å². The van der Waals surface area contributed by atoms with Gasteiger partial charge in [-0.1, -0.05) is 67.4 Å². The van der Waals surface area contributed by atoms with Gasteiger partial charge in [-0.25, -0.2) is 9.97 Å². The molecule has 2 amide bonds. The Labute approximate surface area is 233 Å². The predicted octanol–water partition coefficient (Wildman–Crippen LogP) is 3.61. The fourth-order valence-electron chi connectivity index (χ4n) is 5.62. The van der Waals surface area contributed by atoms with E-state index in [4.69, 9.17) is 15.6 Å². The van der Waals surface area contributed by atoms with Gasteiger partial charge in [0, 0.05) is 12.1 Å². The van der Waals surface area contributed by atoms with Gasteiger partial charge < -0.3 is 25.5 Å². The normalized spacial score (nSPS) is 17.9. The number of aromatic nitrogens is 3. The molecule has 4 N–H and O–H groups in total. The molecule has 40 heavy (non-hydrogen) atoms. The summed E-state index contributed by atoms with van der Waals surface area (Å²) in [5, 5.41) is 12.0. The number of nitrogens with one attached hydrogen (secondary N) is 1. The van der Waals surface area contributed by atoms with Gasteiger partial charge in [-0.2, -0.15) is 0 Å². The van der Waals surface area contributed by atoms with Gasteiger partial charge in [0.15, 0.2) is 5.65 Å². The van der Waals surface area contributed by atoms with Crippen LogP contribution in [0.2, 0.25) is 0 Å². The van der Waals surface area contributed by atoms with E-state index in [1.54, 1.807) is 18.3 Å². The minimum Gasteiger partial charge on any atom is -0.394 e. The predicted molar refractivity (Wildman–Crippen MR) is 151 cm³/mol. The first kappa shape index (κ1) is 27.5. The molecule has 2 heterocycles. The molecule has 0 bridgehead atoms. The number of nitrogens with two attached hydrogens (primary N) is 1. The molecule has 1 fully saturated rings. The Hall–Kier alpha value is -4.08. The van der Waals surface area contributed by atoms with Crippen molar-refractivity contribution in [2.75, 3.05) is 13.2 Å². The van der Waals surface area contributed by atoms with Crippen LogP contribution in [0.25, 0.3) is 11.2 Å². The van der Waals surface area contributed by atoms with E-state index in [1.807, 2.05) is 34.9 Å². The Kier molecular flexibility index (Phi) is 8.83. The number of rotatable bonds is 11. The van der Waals surface area contributed by atoms with Crippen molar-refractivity contribution in [3.8, 4) is 0 Å². The van der Waals surface area contributed by atoms with E-state index in [9.17, 15) is 9.59 Å². The lowest BCUT2D eigenvalue weighted by atomic mass is 9.74. The van der Waals surface area contributed by atoms with Gasteiger partial charge in [-0.3, -0.25) is 9.59 Å². The Balaban J connectivity index is 1.33. The Morgan fingerprint density at radius 1 is 1.05 bits per heavy atom. The van der Waals surface area contributed by atoms with E-state index in [0.29, 0.717) is 12.1 Å². The number of benzene rings is 2. The highest BCUT2D eigenvalue weighted by molar-refractivity contribution is 5.89. The summed E-state index contributed by atoms with van der Waals surface area (Å²) < 4.78 is 7.59. The molecule has 1 unspecified atom stereocenters. The van der Waals surface area contributed by atoms with Crippen LogP contribution in [0.4, 0.5) is 0 Å². The maximum Gasteiger partial charge on any atom is 0.244 e. The first-order valence-corrected chi connectivity index (χ1v) is 13.8. The monoisotopic (exact) mass is 541 g/mol. The molecular formula is C31H35N5O4. The maximum absolute atomic E-state index is 13.5. The van der Waals surface area contributed by atoms with Crippen molar-refractivity contribution in [3.05, 3.63) is 95.4 Å². The third-order valence-electron chi connectivity index (χ3n) is 7.60. The lowest BCUT2D eigenvalue weighted by Gasteiger charge is -2.32. The SMILES string of the molecule is NC(=O)[C@@H](NC(=O)[C@@H]1CCCCC1c1ccc(Cn2c(COCCO)nc3cccnc32)cc1)c1ccccc1. The third kappa shape index (κ3) is 6.21. The number of amides is 2. The molecule has 5 rings (SSSR count). The number of primary amides is 1. The van der Waals surface area contributed by atoms with Crippen LogP contribution in [0.1, 0.15) is 60.2 Å². The van der Waals surface area contributed by atoms with Crippen molar-refractivity contribution >= 4 is 23.0 Å². The highest BCUT2D eigenvalue weighted by Gasteiger charge is 2.34. The number of pyridine rings is 1. The van der Waals surface area contributed by atoms with Crippen LogP contribution in [0.15, 0.2) is 72.9 Å². The number of carbonyl (C=O) groups is 2. The fraction of sp³-hybridized carbons (Fsp3) is 0.355. The second-order valence-electron chi connectivity index (χ2n) is 10.2. The number of imidazole rings is 1. The van der Waals surface area contributed by atoms with Crippen LogP contribution in [-0.2, 0) is 27.5 Å². The average Bonchev–Trinajstić information content (AvgIpc) is 3.33.